The van der Waals surface area contributed by atoms with Gasteiger partial charge in [0.1, 0.15) is 32.4 Å². The van der Waals surface area contributed by atoms with Crippen molar-refractivity contribution in [3.05, 3.63) is 72.8 Å². The van der Waals surface area contributed by atoms with Crippen molar-refractivity contribution in [2.75, 3.05) is 0 Å². The molecule has 0 aliphatic rings. The van der Waals surface area contributed by atoms with Gasteiger partial charge >= 0.3 is 0 Å². The maximum Gasteiger partial charge on any atom is 0.144 e. The molecule has 2 aromatic carbocycles. The second-order valence-electron chi connectivity index (χ2n) is 5.38. The maximum atomic E-state index is 14.4. The van der Waals surface area contributed by atoms with E-state index in [-0.39, 0.29) is 11.6 Å². The summed E-state index contributed by atoms with van der Waals surface area (Å²) in [5.41, 5.74) is 0. The Morgan fingerprint density at radius 3 is 1.95 bits per heavy atom. The largest absolute Gasteiger partial charge is 0.255 e. The summed E-state index contributed by atoms with van der Waals surface area (Å²) in [5.74, 6) is -0.611. The van der Waals surface area contributed by atoms with Crippen LogP contribution in [0.25, 0.3) is 0 Å². The van der Waals surface area contributed by atoms with Crippen LogP contribution in [0.15, 0.2) is 61.2 Å². The van der Waals surface area contributed by atoms with Crippen molar-refractivity contribution in [2.24, 2.45) is 0 Å². The van der Waals surface area contributed by atoms with E-state index in [1.807, 2.05) is 6.55 Å². The average Bonchev–Trinajstić information content (AvgIpc) is 3.00. The molecule has 112 valence electrons. The molecule has 22 heavy (non-hydrogen) atoms. The molecule has 1 aromatic heterocycles. The molecule has 3 rings (SSSR count). The molecule has 3 nitrogen and oxygen atoms in total. The lowest BCUT2D eigenvalue weighted by atomic mass is 10.3. The summed E-state index contributed by atoms with van der Waals surface area (Å²) in [6.07, 6.45) is 3.43. The molecular weight excluding hydrogens is 300 g/mol. The minimum absolute atomic E-state index is 0.306. The third kappa shape index (κ3) is 2.57. The molecule has 0 aliphatic carbocycles. The van der Waals surface area contributed by atoms with Crippen molar-refractivity contribution >= 4 is 18.4 Å². The van der Waals surface area contributed by atoms with Gasteiger partial charge in [0, 0.05) is 6.17 Å². The topological polar surface area (TPSA) is 30.7 Å². The third-order valence-electron chi connectivity index (χ3n) is 3.88. The molecule has 0 bridgehead atoms. The highest BCUT2D eigenvalue weighted by Crippen LogP contribution is 2.12. The lowest BCUT2D eigenvalue weighted by molar-refractivity contribution is 0.629. The van der Waals surface area contributed by atoms with E-state index >= 15 is 0 Å². The van der Waals surface area contributed by atoms with Crippen LogP contribution in [0.4, 0.5) is 8.78 Å². The third-order valence-corrected chi connectivity index (χ3v) is 8.03. The van der Waals surface area contributed by atoms with Gasteiger partial charge in [-0.05, 0) is 22.5 Å². The summed E-state index contributed by atoms with van der Waals surface area (Å²) in [5, 5.41) is 5.24. The van der Waals surface area contributed by atoms with E-state index in [9.17, 15) is 8.78 Å². The van der Waals surface area contributed by atoms with Crippen molar-refractivity contribution < 1.29 is 8.78 Å². The molecule has 0 saturated carbocycles. The number of hydrogen-bond donors (Lipinski definition) is 0. The van der Waals surface area contributed by atoms with Crippen LogP contribution in [0.3, 0.4) is 0 Å². The van der Waals surface area contributed by atoms with Gasteiger partial charge in [-0.1, -0.05) is 42.9 Å². The first-order chi connectivity index (χ1) is 10.6. The Bertz CT molecular complexity index is 729. The summed E-state index contributed by atoms with van der Waals surface area (Å²) in [6.45, 7) is 1.95. The number of nitrogens with zero attached hydrogens (tertiary/aromatic N) is 3. The SMILES string of the molecule is C[Si](Cn1cncn1)(c1ccccc1F)c1ccccc1F. The zero-order valence-corrected chi connectivity index (χ0v) is 13.1. The fourth-order valence-corrected chi connectivity index (χ4v) is 6.36. The highest BCUT2D eigenvalue weighted by atomic mass is 28.3. The molecule has 0 N–H and O–H groups in total. The molecule has 0 fully saturated rings. The number of aromatic nitrogens is 3. The van der Waals surface area contributed by atoms with Gasteiger partial charge in [0.2, 0.25) is 0 Å². The van der Waals surface area contributed by atoms with Gasteiger partial charge in [0.15, 0.2) is 0 Å². The fourth-order valence-electron chi connectivity index (χ4n) is 2.77. The van der Waals surface area contributed by atoms with Crippen LogP contribution in [0.2, 0.25) is 6.55 Å². The first-order valence-electron chi connectivity index (χ1n) is 6.94. The van der Waals surface area contributed by atoms with Crippen LogP contribution in [0.5, 0.6) is 0 Å². The van der Waals surface area contributed by atoms with E-state index in [1.165, 1.54) is 18.5 Å². The van der Waals surface area contributed by atoms with Crippen molar-refractivity contribution in [3.63, 3.8) is 0 Å². The molecule has 0 saturated heterocycles. The summed E-state index contributed by atoms with van der Waals surface area (Å²) in [4.78, 5) is 3.93. The van der Waals surface area contributed by atoms with E-state index in [0.29, 0.717) is 16.5 Å². The van der Waals surface area contributed by atoms with Crippen LogP contribution >= 0.6 is 0 Å². The molecular formula is C16H15F2N3Si. The summed E-state index contributed by atoms with van der Waals surface area (Å²) < 4.78 is 30.4. The fraction of sp³-hybridized carbons (Fsp3) is 0.125. The van der Waals surface area contributed by atoms with E-state index in [0.717, 1.165) is 0 Å². The van der Waals surface area contributed by atoms with Crippen LogP contribution in [0.1, 0.15) is 0 Å². The van der Waals surface area contributed by atoms with Gasteiger partial charge in [-0.3, -0.25) is 4.68 Å². The Morgan fingerprint density at radius 2 is 1.50 bits per heavy atom. The van der Waals surface area contributed by atoms with Gasteiger partial charge in [-0.25, -0.2) is 13.8 Å². The molecule has 6 heteroatoms. The number of rotatable bonds is 4. The number of benzene rings is 2. The molecule has 0 atom stereocenters. The van der Waals surface area contributed by atoms with Crippen molar-refractivity contribution in [2.45, 2.75) is 12.7 Å². The van der Waals surface area contributed by atoms with E-state index in [4.69, 9.17) is 0 Å². The van der Waals surface area contributed by atoms with E-state index < -0.39 is 8.07 Å². The standard InChI is InChI=1S/C16H15F2N3Si/c1-22(12-21-11-19-10-20-21,15-8-4-2-6-13(15)17)16-9-5-3-7-14(16)18/h2-11H,12H2,1H3. The normalized spacial score (nSPS) is 11.6. The Labute approximate surface area is 128 Å². The molecule has 0 unspecified atom stereocenters. The minimum atomic E-state index is -2.68. The first-order valence-corrected chi connectivity index (χ1v) is 9.64. The smallest absolute Gasteiger partial charge is 0.144 e. The van der Waals surface area contributed by atoms with Gasteiger partial charge in [-0.2, -0.15) is 5.10 Å². The highest BCUT2D eigenvalue weighted by molar-refractivity contribution is 7.00. The predicted octanol–water partition coefficient (Wildman–Crippen LogP) is 1.99. The summed E-state index contributed by atoms with van der Waals surface area (Å²) >= 11 is 0. The quantitative estimate of drug-likeness (QED) is 0.689. The number of hydrogen-bond acceptors (Lipinski definition) is 2. The van der Waals surface area contributed by atoms with Crippen molar-refractivity contribution in [1.82, 2.24) is 14.8 Å². The highest BCUT2D eigenvalue weighted by Gasteiger charge is 2.37. The minimum Gasteiger partial charge on any atom is -0.255 e. The Morgan fingerprint density at radius 1 is 0.955 bits per heavy atom. The van der Waals surface area contributed by atoms with Gasteiger partial charge < -0.3 is 0 Å². The Balaban J connectivity index is 2.18. The van der Waals surface area contributed by atoms with Crippen LogP contribution < -0.4 is 10.4 Å². The monoisotopic (exact) mass is 315 g/mol. The zero-order valence-electron chi connectivity index (χ0n) is 12.1. The van der Waals surface area contributed by atoms with Crippen LogP contribution in [0, 0.1) is 11.6 Å². The molecule has 3 aromatic rings. The van der Waals surface area contributed by atoms with Gasteiger partial charge in [0.25, 0.3) is 0 Å². The summed E-state index contributed by atoms with van der Waals surface area (Å²) in [7, 11) is -2.68. The van der Waals surface area contributed by atoms with E-state index in [2.05, 4.69) is 10.1 Å². The Kier molecular flexibility index (Phi) is 3.85. The first kappa shape index (κ1) is 14.6. The zero-order chi connectivity index (χ0) is 15.6. The van der Waals surface area contributed by atoms with E-state index in [1.54, 1.807) is 47.4 Å². The predicted molar refractivity (Wildman–Crippen MR) is 83.7 cm³/mol. The lowest BCUT2D eigenvalue weighted by Gasteiger charge is -2.29. The molecule has 1 heterocycles. The van der Waals surface area contributed by atoms with Crippen LogP contribution in [-0.2, 0) is 6.17 Å². The maximum absolute atomic E-state index is 14.4. The van der Waals surface area contributed by atoms with Gasteiger partial charge in [0.05, 0.1) is 0 Å². The lowest BCUT2D eigenvalue weighted by Crippen LogP contribution is -2.61. The van der Waals surface area contributed by atoms with Crippen molar-refractivity contribution in [1.29, 1.82) is 0 Å². The molecule has 0 aliphatic heterocycles. The second-order valence-corrected chi connectivity index (χ2v) is 9.44. The Hall–Kier alpha value is -2.34. The second kappa shape index (κ2) is 5.80. The van der Waals surface area contributed by atoms with Crippen LogP contribution in [-0.4, -0.2) is 22.8 Å². The molecule has 0 amide bonds. The van der Waals surface area contributed by atoms with Crippen molar-refractivity contribution in [3.8, 4) is 0 Å². The molecule has 0 spiro atoms. The van der Waals surface area contributed by atoms with Gasteiger partial charge in [-0.15, -0.1) is 0 Å². The number of halogens is 2. The average molecular weight is 315 g/mol. The summed E-state index contributed by atoms with van der Waals surface area (Å²) in [6, 6.07) is 13.2. The molecule has 0 radical (unpaired) electrons.